The lowest BCUT2D eigenvalue weighted by atomic mass is 9.79. The summed E-state index contributed by atoms with van der Waals surface area (Å²) in [6.45, 7) is 17.9. The van der Waals surface area contributed by atoms with Crippen molar-refractivity contribution in [2.24, 2.45) is 11.8 Å². The van der Waals surface area contributed by atoms with Crippen LogP contribution in [0.15, 0.2) is 25.3 Å². The number of rotatable bonds is 16. The molecule has 0 radical (unpaired) electrons. The third-order valence-electron chi connectivity index (χ3n) is 7.03. The van der Waals surface area contributed by atoms with E-state index in [4.69, 9.17) is 14.0 Å². The maximum atomic E-state index is 13.5. The Labute approximate surface area is 235 Å². The van der Waals surface area contributed by atoms with Crippen LogP contribution >= 0.6 is 0 Å². The number of nitrogens with one attached hydrogen (secondary N) is 1. The summed E-state index contributed by atoms with van der Waals surface area (Å²) < 4.78 is 11.2. The lowest BCUT2D eigenvalue weighted by Crippen LogP contribution is -2.69. The molecule has 13 nitrogen and oxygen atoms in total. The molecule has 2 N–H and O–H groups in total. The molecule has 0 aliphatic carbocycles. The van der Waals surface area contributed by atoms with Crippen LogP contribution in [-0.4, -0.2) is 97.9 Å². The average molecular weight is 584 g/mol. The molecule has 40 heavy (non-hydrogen) atoms. The number of amides is 4. The van der Waals surface area contributed by atoms with Crippen molar-refractivity contribution in [3.8, 4) is 0 Å². The zero-order valence-corrected chi connectivity index (χ0v) is 25.0. The van der Waals surface area contributed by atoms with Gasteiger partial charge in [0.25, 0.3) is 0 Å². The topological polar surface area (TPSA) is 169 Å². The van der Waals surface area contributed by atoms with Gasteiger partial charge in [0.05, 0.1) is 37.1 Å². The molecule has 0 saturated carbocycles. The standard InChI is InChI=1S/C26H41N3O10Si/c1-9-11-37-25(36)27-14-18(15-28(16-30)38-12-10-2)20(31)13-19-21(22(32)29(19)23(33)24(34)35)17(3)39-40(7,8)26(4,5)6/h9-10,16-19,21H,1-2,11-15H2,3-8H3,(H,27,36)(H,34,35)/t17-,18?,19-,21-/m1/s1. The van der Waals surface area contributed by atoms with Gasteiger partial charge in [-0.2, -0.15) is 0 Å². The van der Waals surface area contributed by atoms with E-state index in [-0.39, 0.29) is 31.3 Å². The molecule has 4 amide bonds. The normalized spacial score (nSPS) is 18.6. The third-order valence-corrected chi connectivity index (χ3v) is 11.6. The number of Topliss-reactive ketones (excluding diaryl/α,β-unsaturated/α-hetero) is 1. The molecule has 1 saturated heterocycles. The van der Waals surface area contributed by atoms with E-state index in [0.29, 0.717) is 11.3 Å². The van der Waals surface area contributed by atoms with Crippen molar-refractivity contribution in [1.29, 1.82) is 0 Å². The average Bonchev–Trinajstić information content (AvgIpc) is 2.85. The molecule has 4 atom stereocenters. The number of hydrogen-bond donors (Lipinski definition) is 2. The van der Waals surface area contributed by atoms with Crippen LogP contribution in [0.25, 0.3) is 0 Å². The van der Waals surface area contributed by atoms with E-state index >= 15 is 0 Å². The Kier molecular flexibility index (Phi) is 12.9. The maximum absolute atomic E-state index is 13.5. The van der Waals surface area contributed by atoms with E-state index in [1.54, 1.807) is 6.92 Å². The Morgan fingerprint density at radius 1 is 1.18 bits per heavy atom. The number of ketones is 1. The summed E-state index contributed by atoms with van der Waals surface area (Å²) in [6, 6.07) is -1.10. The molecular formula is C26H41N3O10Si. The molecule has 0 aromatic heterocycles. The molecule has 1 aliphatic rings. The van der Waals surface area contributed by atoms with Gasteiger partial charge < -0.3 is 19.6 Å². The van der Waals surface area contributed by atoms with Gasteiger partial charge in [-0.25, -0.2) is 14.7 Å². The first-order valence-corrected chi connectivity index (χ1v) is 15.7. The van der Waals surface area contributed by atoms with Gasteiger partial charge in [-0.15, -0.1) is 6.58 Å². The third kappa shape index (κ3) is 9.10. The van der Waals surface area contributed by atoms with Crippen LogP contribution in [0.5, 0.6) is 0 Å². The highest BCUT2D eigenvalue weighted by Gasteiger charge is 2.56. The van der Waals surface area contributed by atoms with E-state index in [2.05, 4.69) is 18.5 Å². The van der Waals surface area contributed by atoms with Crippen molar-refractivity contribution in [1.82, 2.24) is 15.3 Å². The molecule has 224 valence electrons. The predicted octanol–water partition coefficient (Wildman–Crippen LogP) is 1.90. The Bertz CT molecular complexity index is 994. The minimum atomic E-state index is -2.38. The number of imide groups is 1. The maximum Gasteiger partial charge on any atom is 0.407 e. The first kappa shape index (κ1) is 34.7. The number of ether oxygens (including phenoxy) is 1. The molecular weight excluding hydrogens is 542 g/mol. The molecule has 1 heterocycles. The fourth-order valence-corrected chi connectivity index (χ4v) is 5.33. The minimum Gasteiger partial charge on any atom is -0.474 e. The number of aliphatic carboxylic acids is 1. The quantitative estimate of drug-likeness (QED) is 0.0683. The second-order valence-electron chi connectivity index (χ2n) is 10.9. The summed E-state index contributed by atoms with van der Waals surface area (Å²) >= 11 is 0. The Morgan fingerprint density at radius 3 is 2.27 bits per heavy atom. The second kappa shape index (κ2) is 14.9. The fraction of sp³-hybridized carbons (Fsp3) is 0.615. The van der Waals surface area contributed by atoms with Crippen molar-refractivity contribution in [3.63, 3.8) is 0 Å². The van der Waals surface area contributed by atoms with Gasteiger partial charge >= 0.3 is 18.0 Å². The number of hydroxylamine groups is 2. The fourth-order valence-electron chi connectivity index (χ4n) is 3.90. The first-order chi connectivity index (χ1) is 18.5. The van der Waals surface area contributed by atoms with Crippen molar-refractivity contribution in [3.05, 3.63) is 25.3 Å². The molecule has 1 fully saturated rings. The smallest absolute Gasteiger partial charge is 0.407 e. The number of carboxylic acid groups (broad SMARTS) is 1. The monoisotopic (exact) mass is 583 g/mol. The number of carbonyl (C=O) groups excluding carboxylic acids is 5. The molecule has 1 rings (SSSR count). The summed E-state index contributed by atoms with van der Waals surface area (Å²) in [5.74, 6) is -6.60. The van der Waals surface area contributed by atoms with Crippen LogP contribution in [0.1, 0.15) is 34.1 Å². The van der Waals surface area contributed by atoms with Crippen molar-refractivity contribution in [2.75, 3.05) is 26.3 Å². The number of carbonyl (C=O) groups is 6. The van der Waals surface area contributed by atoms with E-state index in [1.165, 1.54) is 12.2 Å². The highest BCUT2D eigenvalue weighted by Crippen LogP contribution is 2.41. The van der Waals surface area contributed by atoms with Gasteiger partial charge in [0.2, 0.25) is 12.3 Å². The zero-order chi connectivity index (χ0) is 30.8. The Balaban J connectivity index is 3.26. The lowest BCUT2D eigenvalue weighted by molar-refractivity contribution is -0.179. The summed E-state index contributed by atoms with van der Waals surface area (Å²) in [6.07, 6.45) is 1.12. The van der Waals surface area contributed by atoms with Crippen LogP contribution in [0.3, 0.4) is 0 Å². The van der Waals surface area contributed by atoms with Crippen LogP contribution in [0.2, 0.25) is 18.1 Å². The van der Waals surface area contributed by atoms with Gasteiger partial charge in [0.15, 0.2) is 8.32 Å². The van der Waals surface area contributed by atoms with E-state index in [9.17, 15) is 33.9 Å². The molecule has 0 aromatic rings. The van der Waals surface area contributed by atoms with Crippen molar-refractivity contribution >= 4 is 44.4 Å². The van der Waals surface area contributed by atoms with E-state index < -0.39 is 68.4 Å². The van der Waals surface area contributed by atoms with Gasteiger partial charge in [-0.3, -0.25) is 28.9 Å². The van der Waals surface area contributed by atoms with Gasteiger partial charge in [0.1, 0.15) is 12.4 Å². The first-order valence-electron chi connectivity index (χ1n) is 12.8. The summed E-state index contributed by atoms with van der Waals surface area (Å²) in [7, 11) is -2.38. The number of carboxylic acids is 1. The summed E-state index contributed by atoms with van der Waals surface area (Å²) in [5.41, 5.74) is 0. The zero-order valence-electron chi connectivity index (χ0n) is 24.0. The van der Waals surface area contributed by atoms with Crippen LogP contribution < -0.4 is 5.32 Å². The highest BCUT2D eigenvalue weighted by molar-refractivity contribution is 6.74. The van der Waals surface area contributed by atoms with E-state index in [0.717, 1.165) is 5.06 Å². The highest BCUT2D eigenvalue weighted by atomic mass is 28.4. The number of hydrogen-bond acceptors (Lipinski definition) is 9. The Hall–Kier alpha value is -3.36. The largest absolute Gasteiger partial charge is 0.474 e. The van der Waals surface area contributed by atoms with Gasteiger partial charge in [-0.1, -0.05) is 39.5 Å². The van der Waals surface area contributed by atoms with Gasteiger partial charge in [-0.05, 0) is 25.1 Å². The van der Waals surface area contributed by atoms with Gasteiger partial charge in [0, 0.05) is 13.0 Å². The minimum absolute atomic E-state index is 0.0309. The molecule has 1 aliphatic heterocycles. The molecule has 0 bridgehead atoms. The number of likely N-dealkylation sites (tertiary alicyclic amines) is 1. The number of nitrogens with zero attached hydrogens (tertiary/aromatic N) is 2. The van der Waals surface area contributed by atoms with Crippen LogP contribution in [-0.2, 0) is 38.0 Å². The summed E-state index contributed by atoms with van der Waals surface area (Å²) in [5, 5.41) is 12.4. The molecule has 0 aromatic carbocycles. The molecule has 0 spiro atoms. The molecule has 1 unspecified atom stereocenters. The number of alkyl carbamates (subject to hydrolysis) is 1. The van der Waals surface area contributed by atoms with Crippen LogP contribution in [0, 0.1) is 11.8 Å². The number of β-lactam (4-membered cyclic amide) rings is 1. The van der Waals surface area contributed by atoms with E-state index in [1.807, 2.05) is 33.9 Å². The second-order valence-corrected chi connectivity index (χ2v) is 15.7. The lowest BCUT2D eigenvalue weighted by Gasteiger charge is -2.49. The summed E-state index contributed by atoms with van der Waals surface area (Å²) in [4.78, 5) is 79.6. The van der Waals surface area contributed by atoms with Crippen molar-refractivity contribution in [2.45, 2.75) is 64.4 Å². The Morgan fingerprint density at radius 2 is 1.77 bits per heavy atom. The van der Waals surface area contributed by atoms with Crippen LogP contribution in [0.4, 0.5) is 4.79 Å². The molecule has 14 heteroatoms. The SMILES string of the molecule is C=CCOC(=O)NCC(CN(C=O)OCC=C)C(=O)C[C@@H]1[C@@H]([C@@H](C)O[Si](C)(C)C(C)(C)C)C(=O)N1C(=O)C(=O)O. The predicted molar refractivity (Wildman–Crippen MR) is 146 cm³/mol. The van der Waals surface area contributed by atoms with Crippen molar-refractivity contribution < 1.29 is 47.9 Å².